The van der Waals surface area contributed by atoms with Crippen molar-refractivity contribution >= 4 is 28.8 Å². The molecule has 0 radical (unpaired) electrons. The standard InChI is InChI=1S/C16H17N3O4S/c1-3-23-18-16(21)11-9-24-14(17-11)7-19-12-6-10(2)4-5-13(12)22-8-15(19)20/h4-6,9H,3,7-8H2,1-2H3,(H,18,21). The van der Waals surface area contributed by atoms with Crippen molar-refractivity contribution in [3.63, 3.8) is 0 Å². The Labute approximate surface area is 143 Å². The van der Waals surface area contributed by atoms with Gasteiger partial charge in [-0.05, 0) is 31.5 Å². The van der Waals surface area contributed by atoms with Crippen molar-refractivity contribution in [1.82, 2.24) is 10.5 Å². The van der Waals surface area contributed by atoms with Crippen LogP contribution in [0.2, 0.25) is 0 Å². The molecule has 0 spiro atoms. The van der Waals surface area contributed by atoms with Crippen LogP contribution in [0.5, 0.6) is 5.75 Å². The Bertz CT molecular complexity index is 774. The van der Waals surface area contributed by atoms with E-state index in [1.165, 1.54) is 11.3 Å². The molecule has 2 heterocycles. The monoisotopic (exact) mass is 347 g/mol. The maximum Gasteiger partial charge on any atom is 0.294 e. The molecule has 1 aromatic heterocycles. The SMILES string of the molecule is CCONC(=O)c1csc(CN2C(=O)COc3ccc(C)cc32)n1. The molecule has 3 rings (SSSR count). The summed E-state index contributed by atoms with van der Waals surface area (Å²) in [4.78, 5) is 34.8. The van der Waals surface area contributed by atoms with Gasteiger partial charge >= 0.3 is 0 Å². The Morgan fingerprint density at radius 3 is 3.12 bits per heavy atom. The van der Waals surface area contributed by atoms with Crippen LogP contribution >= 0.6 is 11.3 Å². The molecule has 1 aromatic carbocycles. The number of aryl methyl sites for hydroxylation is 1. The number of fused-ring (bicyclic) bond motifs is 1. The zero-order valence-electron chi connectivity index (χ0n) is 13.4. The molecule has 2 aromatic rings. The fraction of sp³-hybridized carbons (Fsp3) is 0.312. The van der Waals surface area contributed by atoms with Gasteiger partial charge in [-0.2, -0.15) is 0 Å². The van der Waals surface area contributed by atoms with Gasteiger partial charge in [0.25, 0.3) is 11.8 Å². The van der Waals surface area contributed by atoms with Crippen LogP contribution in [0.3, 0.4) is 0 Å². The molecule has 1 aliphatic rings. The second kappa shape index (κ2) is 6.98. The number of rotatable bonds is 5. The molecule has 1 aliphatic heterocycles. The quantitative estimate of drug-likeness (QED) is 0.838. The minimum atomic E-state index is -0.399. The van der Waals surface area contributed by atoms with Crippen LogP contribution in [0.4, 0.5) is 5.69 Å². The normalized spacial score (nSPS) is 13.4. The number of anilines is 1. The Balaban J connectivity index is 1.79. The summed E-state index contributed by atoms with van der Waals surface area (Å²) in [6, 6.07) is 5.70. The smallest absolute Gasteiger partial charge is 0.294 e. The van der Waals surface area contributed by atoms with Crippen molar-refractivity contribution in [2.45, 2.75) is 20.4 Å². The van der Waals surface area contributed by atoms with Crippen molar-refractivity contribution in [3.8, 4) is 5.75 Å². The first-order valence-corrected chi connectivity index (χ1v) is 8.36. The highest BCUT2D eigenvalue weighted by molar-refractivity contribution is 7.09. The lowest BCUT2D eigenvalue weighted by Gasteiger charge is -2.29. The van der Waals surface area contributed by atoms with E-state index < -0.39 is 5.91 Å². The van der Waals surface area contributed by atoms with Crippen molar-refractivity contribution in [3.05, 3.63) is 39.8 Å². The van der Waals surface area contributed by atoms with E-state index in [9.17, 15) is 9.59 Å². The maximum absolute atomic E-state index is 12.2. The average molecular weight is 347 g/mol. The van der Waals surface area contributed by atoms with Gasteiger partial charge in [-0.25, -0.2) is 10.5 Å². The Morgan fingerprint density at radius 2 is 2.33 bits per heavy atom. The molecular formula is C16H17N3O4S. The van der Waals surface area contributed by atoms with E-state index in [4.69, 9.17) is 9.57 Å². The number of thiazole rings is 1. The Kier molecular flexibility index (Phi) is 4.77. The lowest BCUT2D eigenvalue weighted by molar-refractivity contribution is -0.121. The van der Waals surface area contributed by atoms with Gasteiger partial charge in [0, 0.05) is 5.38 Å². The fourth-order valence-electron chi connectivity index (χ4n) is 2.30. The summed E-state index contributed by atoms with van der Waals surface area (Å²) in [5.74, 6) is 0.138. The highest BCUT2D eigenvalue weighted by Crippen LogP contribution is 2.34. The molecule has 0 atom stereocenters. The predicted octanol–water partition coefficient (Wildman–Crippen LogP) is 2.06. The summed E-state index contributed by atoms with van der Waals surface area (Å²) >= 11 is 1.32. The number of carbonyl (C=O) groups excluding carboxylic acids is 2. The van der Waals surface area contributed by atoms with Crippen molar-refractivity contribution in [2.75, 3.05) is 18.1 Å². The predicted molar refractivity (Wildman–Crippen MR) is 89.1 cm³/mol. The van der Waals surface area contributed by atoms with Crippen molar-refractivity contribution < 1.29 is 19.2 Å². The number of carbonyl (C=O) groups is 2. The molecule has 0 saturated heterocycles. The van der Waals surface area contributed by atoms with E-state index in [0.29, 0.717) is 23.9 Å². The number of nitrogens with one attached hydrogen (secondary N) is 1. The van der Waals surface area contributed by atoms with Gasteiger partial charge in [0.15, 0.2) is 6.61 Å². The van der Waals surface area contributed by atoms with E-state index in [2.05, 4.69) is 10.5 Å². The largest absolute Gasteiger partial charge is 0.482 e. The summed E-state index contributed by atoms with van der Waals surface area (Å²) in [6.07, 6.45) is 0. The number of benzene rings is 1. The summed E-state index contributed by atoms with van der Waals surface area (Å²) in [6.45, 7) is 4.40. The number of hydrogen-bond acceptors (Lipinski definition) is 6. The van der Waals surface area contributed by atoms with E-state index in [0.717, 1.165) is 11.3 Å². The maximum atomic E-state index is 12.2. The third-order valence-electron chi connectivity index (χ3n) is 3.44. The number of ether oxygens (including phenoxy) is 1. The van der Waals surface area contributed by atoms with Crippen LogP contribution in [-0.2, 0) is 16.2 Å². The van der Waals surface area contributed by atoms with Gasteiger partial charge < -0.3 is 4.74 Å². The van der Waals surface area contributed by atoms with E-state index in [-0.39, 0.29) is 18.2 Å². The first-order chi connectivity index (χ1) is 11.6. The van der Waals surface area contributed by atoms with Gasteiger partial charge in [-0.15, -0.1) is 11.3 Å². The van der Waals surface area contributed by atoms with E-state index in [1.807, 2.05) is 25.1 Å². The van der Waals surface area contributed by atoms with Gasteiger partial charge in [0.2, 0.25) is 0 Å². The van der Waals surface area contributed by atoms with Gasteiger partial charge in [-0.3, -0.25) is 19.3 Å². The summed E-state index contributed by atoms with van der Waals surface area (Å²) in [5, 5.41) is 2.31. The highest BCUT2D eigenvalue weighted by Gasteiger charge is 2.26. The third kappa shape index (κ3) is 3.39. The van der Waals surface area contributed by atoms with Gasteiger partial charge in [0.05, 0.1) is 18.8 Å². The highest BCUT2D eigenvalue weighted by atomic mass is 32.1. The Hall–Kier alpha value is -2.45. The Morgan fingerprint density at radius 1 is 1.50 bits per heavy atom. The van der Waals surface area contributed by atoms with E-state index in [1.54, 1.807) is 17.2 Å². The topological polar surface area (TPSA) is 80.8 Å². The zero-order chi connectivity index (χ0) is 17.1. The molecule has 0 fully saturated rings. The van der Waals surface area contributed by atoms with Crippen LogP contribution in [-0.4, -0.2) is 30.0 Å². The van der Waals surface area contributed by atoms with Gasteiger partial charge in [0.1, 0.15) is 16.5 Å². The van der Waals surface area contributed by atoms with Crippen LogP contribution < -0.4 is 15.1 Å². The number of aromatic nitrogens is 1. The van der Waals surface area contributed by atoms with Crippen molar-refractivity contribution in [1.29, 1.82) is 0 Å². The molecule has 8 heteroatoms. The number of hydrogen-bond donors (Lipinski definition) is 1. The van der Waals surface area contributed by atoms with E-state index >= 15 is 0 Å². The molecule has 126 valence electrons. The first kappa shape index (κ1) is 16.4. The average Bonchev–Trinajstić information content (AvgIpc) is 3.04. The molecule has 24 heavy (non-hydrogen) atoms. The van der Waals surface area contributed by atoms with Crippen molar-refractivity contribution in [2.24, 2.45) is 0 Å². The van der Waals surface area contributed by atoms with Gasteiger partial charge in [-0.1, -0.05) is 6.07 Å². The minimum Gasteiger partial charge on any atom is -0.482 e. The van der Waals surface area contributed by atoms with Crippen LogP contribution in [0.25, 0.3) is 0 Å². The number of nitrogens with zero attached hydrogens (tertiary/aromatic N) is 2. The molecule has 7 nitrogen and oxygen atoms in total. The first-order valence-electron chi connectivity index (χ1n) is 7.49. The summed E-state index contributed by atoms with van der Waals surface area (Å²) in [5.41, 5.74) is 4.33. The van der Waals surface area contributed by atoms with Crippen LogP contribution in [0.15, 0.2) is 23.6 Å². The third-order valence-corrected chi connectivity index (χ3v) is 4.28. The molecule has 0 unspecified atom stereocenters. The second-order valence-electron chi connectivity index (χ2n) is 5.23. The number of amides is 2. The molecule has 1 N–H and O–H groups in total. The molecule has 0 saturated carbocycles. The fourth-order valence-corrected chi connectivity index (χ4v) is 3.06. The summed E-state index contributed by atoms with van der Waals surface area (Å²) in [7, 11) is 0. The molecule has 0 aliphatic carbocycles. The number of hydroxylamine groups is 1. The molecular weight excluding hydrogens is 330 g/mol. The van der Waals surface area contributed by atoms with Crippen LogP contribution in [0.1, 0.15) is 28.0 Å². The zero-order valence-corrected chi connectivity index (χ0v) is 14.2. The molecule has 0 bridgehead atoms. The lowest BCUT2D eigenvalue weighted by Crippen LogP contribution is -2.38. The summed E-state index contributed by atoms with van der Waals surface area (Å²) < 4.78 is 5.46. The molecule has 2 amide bonds. The lowest BCUT2D eigenvalue weighted by atomic mass is 10.1. The minimum absolute atomic E-state index is 0.000874. The van der Waals surface area contributed by atoms with Crippen LogP contribution in [0, 0.1) is 6.92 Å². The second-order valence-corrected chi connectivity index (χ2v) is 6.17.